The van der Waals surface area contributed by atoms with Gasteiger partial charge in [0, 0.05) is 30.8 Å². The fraction of sp³-hybridized carbons (Fsp3) is 0.912. The smallest absolute Gasteiger partial charge is 0.332 e. The van der Waals surface area contributed by atoms with Crippen LogP contribution < -0.4 is 10.6 Å². The van der Waals surface area contributed by atoms with Gasteiger partial charge in [0.15, 0.2) is 18.7 Å². The number of carboxylic acid groups (broad SMARTS) is 1. The van der Waals surface area contributed by atoms with Crippen LogP contribution in [-0.2, 0) is 38.1 Å². The standard InChI is InChI=1S/C34H57N5O14/c1-4-19-13-20(31(46)36-10-11-37-39-35)14-21(29(19)53-34-28(45)27(44)25(42)16(2)49-34)51-33-24(38-17(3)41)30(26(43)23(15-40)52-33)50-22(32(47)48)12-18-8-6-5-7-9-18/h16,18-30,33-34,40,42-45H,4-15H2,1-3H3,(H,36,46)(H,38,41)(H,47,48)/t16-,19?,20?,21+,22-,23?,24?,25?,26-,27?,28-,29?,30?,33+,34?/m0/s1. The summed E-state index contributed by atoms with van der Waals surface area (Å²) in [7, 11) is 0. The number of hydrogen-bond donors (Lipinski definition) is 8. The molecule has 2 saturated heterocycles. The molecule has 2 aliphatic heterocycles. The number of carbonyl (C=O) groups is 3. The number of hydrogen-bond acceptors (Lipinski definition) is 14. The van der Waals surface area contributed by atoms with Gasteiger partial charge < -0.3 is 65.0 Å². The number of rotatable bonds is 16. The van der Waals surface area contributed by atoms with Gasteiger partial charge in [0.2, 0.25) is 11.8 Å². The molecule has 19 nitrogen and oxygen atoms in total. The Balaban J connectivity index is 1.66. The minimum atomic E-state index is -1.65. The first-order valence-electron chi connectivity index (χ1n) is 18.7. The van der Waals surface area contributed by atoms with E-state index >= 15 is 0 Å². The van der Waals surface area contributed by atoms with Gasteiger partial charge in [-0.3, -0.25) is 9.59 Å². The van der Waals surface area contributed by atoms with Crippen LogP contribution in [0.4, 0.5) is 0 Å². The van der Waals surface area contributed by atoms with Crippen LogP contribution in [0.2, 0.25) is 0 Å². The van der Waals surface area contributed by atoms with Gasteiger partial charge >= 0.3 is 5.97 Å². The molecule has 2 amide bonds. The van der Waals surface area contributed by atoms with Crippen LogP contribution in [0.1, 0.15) is 78.6 Å². The average Bonchev–Trinajstić information content (AvgIpc) is 3.13. The Morgan fingerprint density at radius 2 is 1.68 bits per heavy atom. The van der Waals surface area contributed by atoms with E-state index in [1.807, 2.05) is 6.92 Å². The van der Waals surface area contributed by atoms with Crippen molar-refractivity contribution in [1.82, 2.24) is 10.6 Å². The van der Waals surface area contributed by atoms with E-state index in [1.54, 1.807) is 0 Å². The van der Waals surface area contributed by atoms with Crippen LogP contribution in [0.5, 0.6) is 0 Å². The molecule has 4 aliphatic rings. The van der Waals surface area contributed by atoms with Crippen molar-refractivity contribution < 1.29 is 68.7 Å². The Morgan fingerprint density at radius 1 is 0.962 bits per heavy atom. The van der Waals surface area contributed by atoms with E-state index in [-0.39, 0.29) is 37.8 Å². The maximum Gasteiger partial charge on any atom is 0.332 e. The second kappa shape index (κ2) is 20.3. The normalized spacial score (nSPS) is 38.6. The molecule has 0 spiro atoms. The molecule has 0 aromatic heterocycles. The number of carbonyl (C=O) groups excluding carboxylic acids is 2. The van der Waals surface area contributed by atoms with Crippen molar-refractivity contribution in [2.45, 2.75) is 158 Å². The van der Waals surface area contributed by atoms with Crippen molar-refractivity contribution in [3.05, 3.63) is 10.4 Å². The number of aliphatic hydroxyl groups excluding tert-OH is 5. The maximum absolute atomic E-state index is 13.4. The monoisotopic (exact) mass is 759 g/mol. The molecule has 0 bridgehead atoms. The molecule has 0 aromatic carbocycles. The molecule has 302 valence electrons. The largest absolute Gasteiger partial charge is 0.479 e. The van der Waals surface area contributed by atoms with Crippen molar-refractivity contribution in [2.24, 2.45) is 22.9 Å². The van der Waals surface area contributed by atoms with E-state index in [0.717, 1.165) is 32.1 Å². The summed E-state index contributed by atoms with van der Waals surface area (Å²) >= 11 is 0. The summed E-state index contributed by atoms with van der Waals surface area (Å²) in [5.41, 5.74) is 8.61. The Bertz CT molecular complexity index is 1250. The van der Waals surface area contributed by atoms with Crippen molar-refractivity contribution in [2.75, 3.05) is 19.7 Å². The molecule has 0 aromatic rings. The number of nitrogens with one attached hydrogen (secondary N) is 2. The fourth-order valence-electron chi connectivity index (χ4n) is 7.99. The summed E-state index contributed by atoms with van der Waals surface area (Å²) in [6, 6.07) is -1.30. The molecular weight excluding hydrogens is 702 g/mol. The summed E-state index contributed by atoms with van der Waals surface area (Å²) in [6.07, 6.45) is -10.5. The molecule has 0 radical (unpaired) electrons. The van der Waals surface area contributed by atoms with E-state index in [9.17, 15) is 45.0 Å². The number of nitrogens with zero attached hydrogens (tertiary/aromatic N) is 3. The number of aliphatic carboxylic acids is 1. The van der Waals surface area contributed by atoms with Crippen LogP contribution in [-0.4, -0.2) is 148 Å². The van der Waals surface area contributed by atoms with Crippen LogP contribution >= 0.6 is 0 Å². The van der Waals surface area contributed by atoms with Crippen LogP contribution in [0.15, 0.2) is 5.11 Å². The zero-order chi connectivity index (χ0) is 38.8. The SMILES string of the molecule is CCC1CC(C(=O)NCCN=[N+]=[N-])C[C@@H](O[C@@H]2OC(CO)[C@H](O)C(O[C@@H](CC3CCCCC3)C(=O)O)C2NC(C)=O)C1OC1O[C@@H](C)C(O)C(O)[C@@H]1O. The lowest BCUT2D eigenvalue weighted by molar-refractivity contribution is -0.338. The number of amides is 2. The van der Waals surface area contributed by atoms with E-state index in [1.165, 1.54) is 13.8 Å². The summed E-state index contributed by atoms with van der Waals surface area (Å²) in [5.74, 6) is -3.18. The highest BCUT2D eigenvalue weighted by molar-refractivity contribution is 5.78. The van der Waals surface area contributed by atoms with E-state index in [0.29, 0.717) is 12.8 Å². The zero-order valence-electron chi connectivity index (χ0n) is 30.5. The fourth-order valence-corrected chi connectivity index (χ4v) is 7.99. The molecule has 4 fully saturated rings. The Labute approximate surface area is 308 Å². The molecule has 15 atom stereocenters. The number of azide groups is 1. The first-order valence-corrected chi connectivity index (χ1v) is 18.7. The van der Waals surface area contributed by atoms with Gasteiger partial charge in [0.05, 0.1) is 24.9 Å². The average molecular weight is 760 g/mol. The number of aliphatic hydroxyl groups is 5. The van der Waals surface area contributed by atoms with Crippen molar-refractivity contribution in [3.8, 4) is 0 Å². The number of ether oxygens (including phenoxy) is 5. The predicted octanol–water partition coefficient (Wildman–Crippen LogP) is -0.161. The first kappa shape index (κ1) is 43.1. The third-order valence-electron chi connectivity index (χ3n) is 10.9. The van der Waals surface area contributed by atoms with Gasteiger partial charge in [0.1, 0.15) is 42.7 Å². The topological polar surface area (TPSA) is 292 Å². The molecule has 19 heteroatoms. The third kappa shape index (κ3) is 11.2. The molecule has 2 aliphatic carbocycles. The summed E-state index contributed by atoms with van der Waals surface area (Å²) < 4.78 is 30.8. The number of carboxylic acids is 1. The van der Waals surface area contributed by atoms with Gasteiger partial charge in [-0.15, -0.1) is 0 Å². The zero-order valence-corrected chi connectivity index (χ0v) is 30.5. The lowest BCUT2D eigenvalue weighted by atomic mass is 9.75. The van der Waals surface area contributed by atoms with Gasteiger partial charge in [-0.25, -0.2) is 4.79 Å². The van der Waals surface area contributed by atoms with Crippen molar-refractivity contribution in [3.63, 3.8) is 0 Å². The van der Waals surface area contributed by atoms with Gasteiger partial charge in [-0.2, -0.15) is 0 Å². The summed E-state index contributed by atoms with van der Waals surface area (Å²) in [4.78, 5) is 41.2. The van der Waals surface area contributed by atoms with Gasteiger partial charge in [-0.05, 0) is 43.6 Å². The second-order valence-corrected chi connectivity index (χ2v) is 14.6. The molecule has 4 rings (SSSR count). The maximum atomic E-state index is 13.4. The quantitative estimate of drug-likeness (QED) is 0.0439. The van der Waals surface area contributed by atoms with Crippen molar-refractivity contribution in [1.29, 1.82) is 0 Å². The first-order chi connectivity index (χ1) is 25.3. The van der Waals surface area contributed by atoms with Crippen molar-refractivity contribution >= 4 is 17.8 Å². The van der Waals surface area contributed by atoms with Crippen LogP contribution in [0.25, 0.3) is 10.4 Å². The molecule has 2 saturated carbocycles. The molecule has 8 N–H and O–H groups in total. The Hall–Kier alpha value is -2.68. The molecule has 9 unspecified atom stereocenters. The highest BCUT2D eigenvalue weighted by atomic mass is 16.7. The third-order valence-corrected chi connectivity index (χ3v) is 10.9. The van der Waals surface area contributed by atoms with E-state index in [4.69, 9.17) is 29.2 Å². The van der Waals surface area contributed by atoms with Crippen LogP contribution in [0, 0.1) is 17.8 Å². The summed E-state index contributed by atoms with van der Waals surface area (Å²) in [6.45, 7) is 3.97. The highest BCUT2D eigenvalue weighted by Gasteiger charge is 2.52. The van der Waals surface area contributed by atoms with E-state index < -0.39 is 110 Å². The van der Waals surface area contributed by atoms with Gasteiger partial charge in [0.25, 0.3) is 0 Å². The lowest BCUT2D eigenvalue weighted by Crippen LogP contribution is -2.67. The van der Waals surface area contributed by atoms with Crippen LogP contribution in [0.3, 0.4) is 0 Å². The summed E-state index contributed by atoms with van der Waals surface area (Å²) in [5, 5.41) is 72.3. The highest BCUT2D eigenvalue weighted by Crippen LogP contribution is 2.40. The Kier molecular flexibility index (Phi) is 16.5. The lowest BCUT2D eigenvalue weighted by Gasteiger charge is -2.49. The van der Waals surface area contributed by atoms with Gasteiger partial charge in [-0.1, -0.05) is 50.6 Å². The molecular formula is C34H57N5O14. The van der Waals surface area contributed by atoms with E-state index in [2.05, 4.69) is 20.7 Å². The minimum Gasteiger partial charge on any atom is -0.479 e. The second-order valence-electron chi connectivity index (χ2n) is 14.6. The predicted molar refractivity (Wildman–Crippen MR) is 182 cm³/mol. The Morgan fingerprint density at radius 3 is 2.30 bits per heavy atom. The molecule has 2 heterocycles. The minimum absolute atomic E-state index is 0.00200. The molecule has 53 heavy (non-hydrogen) atoms.